The molecule has 1 aromatic carbocycles. The van der Waals surface area contributed by atoms with Gasteiger partial charge in [0, 0.05) is 24.3 Å². The zero-order valence-electron chi connectivity index (χ0n) is 13.6. The third-order valence-corrected chi connectivity index (χ3v) is 5.17. The topological polar surface area (TPSA) is 13.1 Å². The highest BCUT2D eigenvalue weighted by Gasteiger charge is 2.46. The second kappa shape index (κ2) is 5.69. The lowest BCUT2D eigenvalue weighted by molar-refractivity contribution is -0.595. The number of ether oxygens (including phenoxy) is 1. The van der Waals surface area contributed by atoms with Crippen molar-refractivity contribution in [3.8, 4) is 11.4 Å². The predicted octanol–water partition coefficient (Wildman–Crippen LogP) is 4.20. The summed E-state index contributed by atoms with van der Waals surface area (Å²) in [5.74, 6) is 3.33. The molecule has 0 aliphatic heterocycles. The molecule has 2 aliphatic carbocycles. The number of nitrogens with zero attached hydrogens (tertiary/aromatic N) is 1. The van der Waals surface area contributed by atoms with Gasteiger partial charge >= 0.3 is 0 Å². The highest BCUT2D eigenvalue weighted by Crippen LogP contribution is 2.53. The van der Waals surface area contributed by atoms with Crippen LogP contribution >= 0.6 is 0 Å². The largest absolute Gasteiger partial charge is 0.497 e. The Labute approximate surface area is 137 Å². The summed E-state index contributed by atoms with van der Waals surface area (Å²) in [4.78, 5) is 0. The summed E-state index contributed by atoms with van der Waals surface area (Å²) in [6, 6.07) is 12.5. The van der Waals surface area contributed by atoms with Crippen molar-refractivity contribution in [2.24, 2.45) is 17.8 Å². The fourth-order valence-corrected chi connectivity index (χ4v) is 3.69. The Balaban J connectivity index is 1.55. The van der Waals surface area contributed by atoms with Crippen LogP contribution in [0.25, 0.3) is 11.3 Å². The van der Waals surface area contributed by atoms with E-state index in [2.05, 4.69) is 66.4 Å². The molecule has 4 rings (SSSR count). The molecule has 2 aliphatic rings. The third kappa shape index (κ3) is 2.59. The number of methoxy groups -OCH3 is 1. The van der Waals surface area contributed by atoms with E-state index in [0.717, 1.165) is 29.2 Å². The molecule has 2 aromatic rings. The molecule has 0 amide bonds. The zero-order valence-corrected chi connectivity index (χ0v) is 13.6. The summed E-state index contributed by atoms with van der Waals surface area (Å²) < 4.78 is 7.34. The molecule has 0 N–H and O–H groups in total. The van der Waals surface area contributed by atoms with Crippen LogP contribution < -0.4 is 9.30 Å². The van der Waals surface area contributed by atoms with Gasteiger partial charge in [0.15, 0.2) is 12.4 Å². The Morgan fingerprint density at radius 3 is 2.39 bits per heavy atom. The monoisotopic (exact) mass is 304 g/mol. The van der Waals surface area contributed by atoms with Gasteiger partial charge in [-0.1, -0.05) is 31.6 Å². The van der Waals surface area contributed by atoms with Crippen LogP contribution in [0.5, 0.6) is 5.75 Å². The summed E-state index contributed by atoms with van der Waals surface area (Å²) in [7, 11) is 1.69. The Morgan fingerprint density at radius 2 is 1.74 bits per heavy atom. The van der Waals surface area contributed by atoms with Crippen LogP contribution in [-0.4, -0.2) is 7.11 Å². The van der Waals surface area contributed by atoms with Crippen molar-refractivity contribution in [2.45, 2.75) is 13.3 Å². The van der Waals surface area contributed by atoms with Crippen molar-refractivity contribution < 1.29 is 9.30 Å². The van der Waals surface area contributed by atoms with Crippen LogP contribution in [0.3, 0.4) is 0 Å². The van der Waals surface area contributed by atoms with E-state index >= 15 is 0 Å². The molecule has 2 heteroatoms. The highest BCUT2D eigenvalue weighted by atomic mass is 16.5. The molecule has 1 saturated carbocycles. The van der Waals surface area contributed by atoms with E-state index in [-0.39, 0.29) is 0 Å². The SMILES string of the molecule is CCC1C2C=CC(c3cc[n+](-c4ccc(OC)cc4)cc3)=CC21. The Kier molecular flexibility index (Phi) is 3.53. The summed E-state index contributed by atoms with van der Waals surface area (Å²) in [6.45, 7) is 2.30. The van der Waals surface area contributed by atoms with Crippen LogP contribution in [-0.2, 0) is 0 Å². The summed E-state index contributed by atoms with van der Waals surface area (Å²) in [6.07, 6.45) is 12.7. The maximum atomic E-state index is 5.21. The number of aromatic nitrogens is 1. The predicted molar refractivity (Wildman–Crippen MR) is 92.4 cm³/mol. The molecule has 3 atom stereocenters. The van der Waals surface area contributed by atoms with E-state index in [1.165, 1.54) is 17.6 Å². The number of rotatable bonds is 4. The number of benzene rings is 1. The molecule has 116 valence electrons. The van der Waals surface area contributed by atoms with Gasteiger partial charge in [0.25, 0.3) is 0 Å². The van der Waals surface area contributed by atoms with Crippen molar-refractivity contribution in [2.75, 3.05) is 7.11 Å². The molecule has 2 nitrogen and oxygen atoms in total. The fraction of sp³-hybridized carbons (Fsp3) is 0.286. The van der Waals surface area contributed by atoms with Gasteiger partial charge in [-0.2, -0.15) is 4.57 Å². The normalized spacial score (nSPS) is 24.8. The minimum absolute atomic E-state index is 0.772. The molecule has 1 aromatic heterocycles. The van der Waals surface area contributed by atoms with Gasteiger partial charge < -0.3 is 4.74 Å². The van der Waals surface area contributed by atoms with Crippen LogP contribution in [0.4, 0.5) is 0 Å². The van der Waals surface area contributed by atoms with Crippen LogP contribution in [0, 0.1) is 17.8 Å². The van der Waals surface area contributed by atoms with Crippen molar-refractivity contribution >= 4 is 5.57 Å². The first-order valence-corrected chi connectivity index (χ1v) is 8.36. The molecule has 0 bridgehead atoms. The second-order valence-corrected chi connectivity index (χ2v) is 6.40. The summed E-state index contributed by atoms with van der Waals surface area (Å²) in [5.41, 5.74) is 3.80. The Hall–Kier alpha value is -2.35. The Bertz CT molecular complexity index is 755. The van der Waals surface area contributed by atoms with E-state index in [4.69, 9.17) is 4.74 Å². The second-order valence-electron chi connectivity index (χ2n) is 6.40. The van der Waals surface area contributed by atoms with Crippen molar-refractivity contribution in [3.05, 3.63) is 72.6 Å². The molecule has 1 fully saturated rings. The van der Waals surface area contributed by atoms with Gasteiger partial charge in [0.2, 0.25) is 5.69 Å². The molecule has 0 saturated heterocycles. The van der Waals surface area contributed by atoms with E-state index in [9.17, 15) is 0 Å². The lowest BCUT2D eigenvalue weighted by Gasteiger charge is -2.06. The van der Waals surface area contributed by atoms with E-state index in [1.807, 2.05) is 12.1 Å². The minimum Gasteiger partial charge on any atom is -0.497 e. The lowest BCUT2D eigenvalue weighted by Crippen LogP contribution is -2.29. The molecular weight excluding hydrogens is 282 g/mol. The van der Waals surface area contributed by atoms with Gasteiger partial charge in [-0.25, -0.2) is 0 Å². The van der Waals surface area contributed by atoms with Crippen molar-refractivity contribution in [1.82, 2.24) is 0 Å². The van der Waals surface area contributed by atoms with Crippen LogP contribution in [0.2, 0.25) is 0 Å². The highest BCUT2D eigenvalue weighted by molar-refractivity contribution is 5.75. The molecule has 0 radical (unpaired) electrons. The molecular formula is C21H22NO+. The van der Waals surface area contributed by atoms with Gasteiger partial charge in [-0.3, -0.25) is 0 Å². The smallest absolute Gasteiger partial charge is 0.210 e. The van der Waals surface area contributed by atoms with Gasteiger partial charge in [0.1, 0.15) is 5.75 Å². The van der Waals surface area contributed by atoms with E-state index in [1.54, 1.807) is 7.11 Å². The number of fused-ring (bicyclic) bond motifs is 1. The maximum Gasteiger partial charge on any atom is 0.210 e. The van der Waals surface area contributed by atoms with Crippen molar-refractivity contribution in [3.63, 3.8) is 0 Å². The van der Waals surface area contributed by atoms with Crippen molar-refractivity contribution in [1.29, 1.82) is 0 Å². The average Bonchev–Trinajstić information content (AvgIpc) is 3.34. The van der Waals surface area contributed by atoms with Crippen LogP contribution in [0.1, 0.15) is 18.9 Å². The lowest BCUT2D eigenvalue weighted by atomic mass is 10.0. The number of allylic oxidation sites excluding steroid dienone is 4. The molecule has 1 heterocycles. The first-order chi connectivity index (χ1) is 11.3. The van der Waals surface area contributed by atoms with Crippen LogP contribution in [0.15, 0.2) is 67.0 Å². The Morgan fingerprint density at radius 1 is 1.00 bits per heavy atom. The maximum absolute atomic E-state index is 5.21. The molecule has 3 unspecified atom stereocenters. The number of hydrogen-bond donors (Lipinski definition) is 0. The molecule has 0 spiro atoms. The first-order valence-electron chi connectivity index (χ1n) is 8.36. The van der Waals surface area contributed by atoms with Gasteiger partial charge in [-0.15, -0.1) is 0 Å². The average molecular weight is 304 g/mol. The quantitative estimate of drug-likeness (QED) is 0.772. The molecule has 23 heavy (non-hydrogen) atoms. The van der Waals surface area contributed by atoms with E-state index in [0.29, 0.717) is 0 Å². The minimum atomic E-state index is 0.772. The van der Waals surface area contributed by atoms with Gasteiger partial charge in [-0.05, 0) is 41.0 Å². The third-order valence-electron chi connectivity index (χ3n) is 5.17. The first kappa shape index (κ1) is 14.3. The standard InChI is InChI=1S/C21H22NO/c1-3-19-20-9-4-16(14-21(19)20)15-10-12-22(13-11-15)17-5-7-18(23-2)8-6-17/h4-14,19-21H,3H2,1-2H3/q+1. The summed E-state index contributed by atoms with van der Waals surface area (Å²) >= 11 is 0. The zero-order chi connectivity index (χ0) is 15.8. The summed E-state index contributed by atoms with van der Waals surface area (Å²) in [5, 5.41) is 0. The fourth-order valence-electron chi connectivity index (χ4n) is 3.69. The van der Waals surface area contributed by atoms with Gasteiger partial charge in [0.05, 0.1) is 7.11 Å². The van der Waals surface area contributed by atoms with E-state index < -0.39 is 0 Å². The number of hydrogen-bond acceptors (Lipinski definition) is 1. The number of pyridine rings is 1.